The molecular formula is C14H16FN3O2. The SMILES string of the molecule is Nc1cccc(F)c1CN1C(=O)NC2(CCCC2)C1=O. The number of nitrogen functional groups attached to an aromatic ring is 1. The highest BCUT2D eigenvalue weighted by Crippen LogP contribution is 2.36. The average Bonchev–Trinajstić information content (AvgIpc) is 2.95. The molecule has 106 valence electrons. The monoisotopic (exact) mass is 277 g/mol. The number of carbonyl (C=O) groups is 2. The standard InChI is InChI=1S/C14H16FN3O2/c15-10-4-3-5-11(16)9(10)8-18-12(19)14(17-13(18)20)6-1-2-7-14/h3-5H,1-2,6-8,16H2,(H,17,20). The van der Waals surface area contributed by atoms with Crippen molar-refractivity contribution < 1.29 is 14.0 Å². The summed E-state index contributed by atoms with van der Waals surface area (Å²) in [7, 11) is 0. The molecule has 1 aliphatic carbocycles. The maximum atomic E-state index is 13.8. The number of hydrogen-bond donors (Lipinski definition) is 2. The van der Waals surface area contributed by atoms with Gasteiger partial charge in [-0.05, 0) is 25.0 Å². The van der Waals surface area contributed by atoms with Gasteiger partial charge in [-0.2, -0.15) is 0 Å². The lowest BCUT2D eigenvalue weighted by Gasteiger charge is -2.20. The van der Waals surface area contributed by atoms with Crippen LogP contribution in [-0.4, -0.2) is 22.4 Å². The van der Waals surface area contributed by atoms with Gasteiger partial charge < -0.3 is 11.1 Å². The predicted molar refractivity (Wildman–Crippen MR) is 71.1 cm³/mol. The largest absolute Gasteiger partial charge is 0.398 e. The van der Waals surface area contributed by atoms with Crippen molar-refractivity contribution in [3.05, 3.63) is 29.6 Å². The number of rotatable bonds is 2. The number of nitrogens with two attached hydrogens (primary N) is 1. The van der Waals surface area contributed by atoms with Crippen LogP contribution in [0, 0.1) is 5.82 Å². The zero-order valence-corrected chi connectivity index (χ0v) is 11.0. The molecule has 6 heteroatoms. The van der Waals surface area contributed by atoms with E-state index < -0.39 is 17.4 Å². The molecule has 0 unspecified atom stereocenters. The van der Waals surface area contributed by atoms with E-state index in [1.807, 2.05) is 0 Å². The van der Waals surface area contributed by atoms with E-state index in [0.717, 1.165) is 17.7 Å². The number of nitrogens with one attached hydrogen (secondary N) is 1. The molecule has 0 bridgehead atoms. The summed E-state index contributed by atoms with van der Waals surface area (Å²) in [5.41, 5.74) is 5.39. The van der Waals surface area contributed by atoms with E-state index in [4.69, 9.17) is 5.73 Å². The van der Waals surface area contributed by atoms with Gasteiger partial charge >= 0.3 is 6.03 Å². The molecule has 1 heterocycles. The maximum absolute atomic E-state index is 13.8. The van der Waals surface area contributed by atoms with Crippen LogP contribution in [0.15, 0.2) is 18.2 Å². The van der Waals surface area contributed by atoms with E-state index in [1.165, 1.54) is 12.1 Å². The highest BCUT2D eigenvalue weighted by Gasteiger charge is 2.52. The van der Waals surface area contributed by atoms with E-state index in [2.05, 4.69) is 5.32 Å². The number of hydrogen-bond acceptors (Lipinski definition) is 3. The van der Waals surface area contributed by atoms with Crippen LogP contribution >= 0.6 is 0 Å². The van der Waals surface area contributed by atoms with Crippen molar-refractivity contribution in [1.29, 1.82) is 0 Å². The first-order valence-corrected chi connectivity index (χ1v) is 6.70. The first kappa shape index (κ1) is 12.9. The number of imide groups is 1. The molecule has 1 saturated carbocycles. The summed E-state index contributed by atoms with van der Waals surface area (Å²) in [6.45, 7) is -0.120. The quantitative estimate of drug-likeness (QED) is 0.639. The van der Waals surface area contributed by atoms with Crippen molar-refractivity contribution >= 4 is 17.6 Å². The Hall–Kier alpha value is -2.11. The average molecular weight is 277 g/mol. The molecule has 3 amide bonds. The van der Waals surface area contributed by atoms with Gasteiger partial charge in [0.05, 0.1) is 6.54 Å². The second-order valence-corrected chi connectivity index (χ2v) is 5.42. The summed E-state index contributed by atoms with van der Waals surface area (Å²) in [5.74, 6) is -0.763. The summed E-state index contributed by atoms with van der Waals surface area (Å²) in [6.07, 6.45) is 3.14. The number of halogens is 1. The normalized spacial score (nSPS) is 20.8. The summed E-state index contributed by atoms with van der Waals surface area (Å²) in [6, 6.07) is 3.87. The smallest absolute Gasteiger partial charge is 0.325 e. The third kappa shape index (κ3) is 1.83. The molecule has 3 rings (SSSR count). The maximum Gasteiger partial charge on any atom is 0.325 e. The predicted octanol–water partition coefficient (Wildman–Crippen LogP) is 1.77. The van der Waals surface area contributed by atoms with E-state index in [1.54, 1.807) is 6.07 Å². The Morgan fingerprint density at radius 3 is 2.65 bits per heavy atom. The van der Waals surface area contributed by atoms with Crippen LogP contribution in [0.3, 0.4) is 0 Å². The van der Waals surface area contributed by atoms with Gasteiger partial charge in [0, 0.05) is 11.3 Å². The van der Waals surface area contributed by atoms with Gasteiger partial charge in [-0.25, -0.2) is 9.18 Å². The van der Waals surface area contributed by atoms with Crippen molar-refractivity contribution in [2.24, 2.45) is 0 Å². The fourth-order valence-electron chi connectivity index (χ4n) is 3.04. The van der Waals surface area contributed by atoms with Crippen LogP contribution in [0.25, 0.3) is 0 Å². The molecule has 0 aromatic heterocycles. The fourth-order valence-corrected chi connectivity index (χ4v) is 3.04. The molecule has 1 aliphatic heterocycles. The van der Waals surface area contributed by atoms with E-state index >= 15 is 0 Å². The van der Waals surface area contributed by atoms with E-state index in [-0.39, 0.29) is 23.7 Å². The zero-order chi connectivity index (χ0) is 14.3. The Kier molecular flexibility index (Phi) is 2.88. The number of carbonyl (C=O) groups excluding carboxylic acids is 2. The topological polar surface area (TPSA) is 75.4 Å². The van der Waals surface area contributed by atoms with Crippen LogP contribution in [0.4, 0.5) is 14.9 Å². The molecule has 20 heavy (non-hydrogen) atoms. The molecule has 1 spiro atoms. The molecule has 1 aromatic carbocycles. The second kappa shape index (κ2) is 4.47. The lowest BCUT2D eigenvalue weighted by atomic mass is 9.98. The van der Waals surface area contributed by atoms with Crippen LogP contribution in [0.5, 0.6) is 0 Å². The summed E-state index contributed by atoms with van der Waals surface area (Å²) >= 11 is 0. The Morgan fingerprint density at radius 2 is 2.00 bits per heavy atom. The molecule has 1 aromatic rings. The number of urea groups is 1. The van der Waals surface area contributed by atoms with Crippen molar-refractivity contribution in [1.82, 2.24) is 10.2 Å². The molecule has 3 N–H and O–H groups in total. The van der Waals surface area contributed by atoms with Gasteiger partial charge in [-0.15, -0.1) is 0 Å². The molecule has 5 nitrogen and oxygen atoms in total. The number of anilines is 1. The van der Waals surface area contributed by atoms with E-state index in [0.29, 0.717) is 12.8 Å². The lowest BCUT2D eigenvalue weighted by Crippen LogP contribution is -2.44. The second-order valence-electron chi connectivity index (χ2n) is 5.42. The van der Waals surface area contributed by atoms with Crippen molar-refractivity contribution in [2.75, 3.05) is 5.73 Å². The Morgan fingerprint density at radius 1 is 1.30 bits per heavy atom. The summed E-state index contributed by atoms with van der Waals surface area (Å²) in [5, 5.41) is 2.76. The summed E-state index contributed by atoms with van der Waals surface area (Å²) < 4.78 is 13.8. The third-order valence-electron chi connectivity index (χ3n) is 4.17. The minimum absolute atomic E-state index is 0.120. The van der Waals surface area contributed by atoms with Crippen LogP contribution in [0.1, 0.15) is 31.2 Å². The van der Waals surface area contributed by atoms with Gasteiger partial charge in [0.2, 0.25) is 0 Å². The third-order valence-corrected chi connectivity index (χ3v) is 4.17. The summed E-state index contributed by atoms with van der Waals surface area (Å²) in [4.78, 5) is 25.5. The molecular weight excluding hydrogens is 261 g/mol. The first-order chi connectivity index (χ1) is 9.53. The van der Waals surface area contributed by atoms with E-state index in [9.17, 15) is 14.0 Å². The Bertz CT molecular complexity index is 562. The first-order valence-electron chi connectivity index (χ1n) is 6.70. The van der Waals surface area contributed by atoms with Crippen LogP contribution < -0.4 is 11.1 Å². The van der Waals surface area contributed by atoms with Gasteiger partial charge in [0.25, 0.3) is 5.91 Å². The van der Waals surface area contributed by atoms with Gasteiger partial charge in [0.15, 0.2) is 0 Å². The lowest BCUT2D eigenvalue weighted by molar-refractivity contribution is -0.131. The molecule has 1 saturated heterocycles. The van der Waals surface area contributed by atoms with Crippen LogP contribution in [0.2, 0.25) is 0 Å². The van der Waals surface area contributed by atoms with Crippen molar-refractivity contribution in [2.45, 2.75) is 37.8 Å². The Balaban J connectivity index is 1.88. The molecule has 2 fully saturated rings. The van der Waals surface area contributed by atoms with Crippen molar-refractivity contribution in [3.63, 3.8) is 0 Å². The fraction of sp³-hybridized carbons (Fsp3) is 0.429. The van der Waals surface area contributed by atoms with Crippen LogP contribution in [-0.2, 0) is 11.3 Å². The number of benzene rings is 1. The number of amides is 3. The van der Waals surface area contributed by atoms with Gasteiger partial charge in [-0.3, -0.25) is 9.69 Å². The Labute approximate surface area is 115 Å². The molecule has 0 atom stereocenters. The minimum Gasteiger partial charge on any atom is -0.398 e. The molecule has 0 radical (unpaired) electrons. The highest BCUT2D eigenvalue weighted by molar-refractivity contribution is 6.07. The van der Waals surface area contributed by atoms with Gasteiger partial charge in [0.1, 0.15) is 11.4 Å². The molecule has 2 aliphatic rings. The highest BCUT2D eigenvalue weighted by atomic mass is 19.1. The number of nitrogens with zero attached hydrogens (tertiary/aromatic N) is 1. The minimum atomic E-state index is -0.767. The van der Waals surface area contributed by atoms with Crippen molar-refractivity contribution in [3.8, 4) is 0 Å². The zero-order valence-electron chi connectivity index (χ0n) is 11.0. The van der Waals surface area contributed by atoms with Gasteiger partial charge in [-0.1, -0.05) is 18.9 Å².